The van der Waals surface area contributed by atoms with E-state index in [1.165, 1.54) is 25.9 Å². The summed E-state index contributed by atoms with van der Waals surface area (Å²) in [6.07, 6.45) is 3.31. The number of ether oxygens (including phenoxy) is 2. The average molecular weight is 391 g/mol. The maximum absolute atomic E-state index is 12.7. The number of likely N-dealkylation sites (tertiary alicyclic amines) is 1. The summed E-state index contributed by atoms with van der Waals surface area (Å²) in [7, 11) is 0. The van der Waals surface area contributed by atoms with Crippen molar-refractivity contribution in [1.82, 2.24) is 4.90 Å². The van der Waals surface area contributed by atoms with Crippen molar-refractivity contribution >= 4 is 11.6 Å². The van der Waals surface area contributed by atoms with Gasteiger partial charge in [-0.05, 0) is 75.8 Å². The van der Waals surface area contributed by atoms with Gasteiger partial charge in [0.1, 0.15) is 18.0 Å². The molecule has 2 rings (SSSR count). The van der Waals surface area contributed by atoms with Gasteiger partial charge in [0.05, 0.1) is 0 Å². The highest BCUT2D eigenvalue weighted by atomic mass is 16.5. The van der Waals surface area contributed by atoms with Gasteiger partial charge in [0.15, 0.2) is 0 Å². The lowest BCUT2D eigenvalue weighted by molar-refractivity contribution is -0.140. The highest BCUT2D eigenvalue weighted by molar-refractivity contribution is 5.97. The lowest BCUT2D eigenvalue weighted by Crippen LogP contribution is -2.43. The molecule has 1 saturated heterocycles. The van der Waals surface area contributed by atoms with E-state index in [1.54, 1.807) is 0 Å². The van der Waals surface area contributed by atoms with Crippen molar-refractivity contribution in [2.24, 2.45) is 11.8 Å². The number of rotatable bonds is 10. The summed E-state index contributed by atoms with van der Waals surface area (Å²) in [5.74, 6) is 1.89. The number of hydrogen-bond acceptors (Lipinski definition) is 4. The Labute approximate surface area is 170 Å². The molecular formula is C23H38N2O3. The number of benzene rings is 1. The Balaban J connectivity index is 1.83. The van der Waals surface area contributed by atoms with Crippen LogP contribution in [0.15, 0.2) is 24.3 Å². The molecule has 0 aliphatic carbocycles. The zero-order valence-corrected chi connectivity index (χ0v) is 18.3. The minimum absolute atomic E-state index is 0.101. The number of nitrogens with one attached hydrogen (secondary N) is 1. The van der Waals surface area contributed by atoms with Crippen LogP contribution < -0.4 is 10.1 Å². The SMILES string of the molecule is CCO[C@](C)(CC(C)C)C(=O)Nc1ccc(OCCN2CCC[C@H](C)C2)cc1. The molecular weight excluding hydrogens is 352 g/mol. The number of carbonyl (C=O) groups excluding carboxylic acids is 1. The van der Waals surface area contributed by atoms with E-state index in [2.05, 4.69) is 31.0 Å². The van der Waals surface area contributed by atoms with Crippen molar-refractivity contribution in [2.45, 2.75) is 59.5 Å². The van der Waals surface area contributed by atoms with Gasteiger partial charge in [-0.1, -0.05) is 20.8 Å². The summed E-state index contributed by atoms with van der Waals surface area (Å²) in [6.45, 7) is 14.8. The summed E-state index contributed by atoms with van der Waals surface area (Å²) in [4.78, 5) is 15.2. The molecule has 0 aromatic heterocycles. The normalized spacial score (nSPS) is 20.0. The number of amides is 1. The highest BCUT2D eigenvalue weighted by Crippen LogP contribution is 2.24. The number of nitrogens with zero attached hydrogens (tertiary/aromatic N) is 1. The molecule has 1 aliphatic rings. The minimum Gasteiger partial charge on any atom is -0.492 e. The van der Waals surface area contributed by atoms with Crippen LogP contribution >= 0.6 is 0 Å². The number of carbonyl (C=O) groups is 1. The molecule has 1 aromatic carbocycles. The van der Waals surface area contributed by atoms with Crippen LogP contribution in [0.4, 0.5) is 5.69 Å². The smallest absolute Gasteiger partial charge is 0.256 e. The molecule has 0 unspecified atom stereocenters. The Morgan fingerprint density at radius 1 is 1.32 bits per heavy atom. The average Bonchev–Trinajstić information content (AvgIpc) is 2.63. The standard InChI is InChI=1S/C23H38N2O3/c1-6-28-23(5,16-18(2)3)22(26)24-20-9-11-21(12-10-20)27-15-14-25-13-7-8-19(4)17-25/h9-12,18-19H,6-8,13-17H2,1-5H3,(H,24,26)/t19-,23+/m0/s1. The zero-order chi connectivity index (χ0) is 20.6. The molecule has 0 saturated carbocycles. The van der Waals surface area contributed by atoms with Crippen LogP contribution in [0.3, 0.4) is 0 Å². The Hall–Kier alpha value is -1.59. The topological polar surface area (TPSA) is 50.8 Å². The van der Waals surface area contributed by atoms with Crippen LogP contribution in [0, 0.1) is 11.8 Å². The summed E-state index contributed by atoms with van der Waals surface area (Å²) in [5, 5.41) is 2.98. The maximum Gasteiger partial charge on any atom is 0.256 e. The molecule has 0 bridgehead atoms. The highest BCUT2D eigenvalue weighted by Gasteiger charge is 2.34. The van der Waals surface area contributed by atoms with Crippen LogP contribution in [-0.2, 0) is 9.53 Å². The fraction of sp³-hybridized carbons (Fsp3) is 0.696. The molecule has 28 heavy (non-hydrogen) atoms. The minimum atomic E-state index is -0.816. The van der Waals surface area contributed by atoms with Gasteiger partial charge in [-0.3, -0.25) is 9.69 Å². The van der Waals surface area contributed by atoms with Gasteiger partial charge in [0.2, 0.25) is 0 Å². The van der Waals surface area contributed by atoms with Gasteiger partial charge in [0, 0.05) is 25.4 Å². The van der Waals surface area contributed by atoms with Crippen LogP contribution in [0.2, 0.25) is 0 Å². The molecule has 1 aromatic rings. The van der Waals surface area contributed by atoms with E-state index in [1.807, 2.05) is 38.1 Å². The second-order valence-corrected chi connectivity index (χ2v) is 8.64. The maximum atomic E-state index is 12.7. The van der Waals surface area contributed by atoms with Gasteiger partial charge in [0.25, 0.3) is 5.91 Å². The Morgan fingerprint density at radius 2 is 2.04 bits per heavy atom. The number of piperidine rings is 1. The van der Waals surface area contributed by atoms with E-state index in [0.717, 1.165) is 23.9 Å². The van der Waals surface area contributed by atoms with E-state index in [9.17, 15) is 4.79 Å². The van der Waals surface area contributed by atoms with Gasteiger partial charge in [-0.2, -0.15) is 0 Å². The van der Waals surface area contributed by atoms with Crippen molar-refractivity contribution in [2.75, 3.05) is 38.2 Å². The third-order valence-corrected chi connectivity index (χ3v) is 5.27. The quantitative estimate of drug-likeness (QED) is 0.635. The third kappa shape index (κ3) is 7.10. The first-order valence-corrected chi connectivity index (χ1v) is 10.7. The fourth-order valence-corrected chi connectivity index (χ4v) is 3.99. The molecule has 1 amide bonds. The first kappa shape index (κ1) is 22.7. The molecule has 5 heteroatoms. The van der Waals surface area contributed by atoms with Gasteiger partial charge in [-0.15, -0.1) is 0 Å². The summed E-state index contributed by atoms with van der Waals surface area (Å²) < 4.78 is 11.7. The molecule has 1 fully saturated rings. The van der Waals surface area contributed by atoms with Crippen LogP contribution in [0.25, 0.3) is 0 Å². The van der Waals surface area contributed by atoms with Crippen molar-refractivity contribution in [3.8, 4) is 5.75 Å². The first-order valence-electron chi connectivity index (χ1n) is 10.7. The van der Waals surface area contributed by atoms with Gasteiger partial charge in [-0.25, -0.2) is 0 Å². The largest absolute Gasteiger partial charge is 0.492 e. The molecule has 5 nitrogen and oxygen atoms in total. The lowest BCUT2D eigenvalue weighted by Gasteiger charge is -2.30. The second-order valence-electron chi connectivity index (χ2n) is 8.64. The van der Waals surface area contributed by atoms with Gasteiger partial charge < -0.3 is 14.8 Å². The summed E-state index contributed by atoms with van der Waals surface area (Å²) in [5.41, 5.74) is -0.0548. The summed E-state index contributed by atoms with van der Waals surface area (Å²) in [6, 6.07) is 7.60. The molecule has 0 spiro atoms. The molecule has 1 heterocycles. The number of hydrogen-bond donors (Lipinski definition) is 1. The molecule has 1 N–H and O–H groups in total. The van der Waals surface area contributed by atoms with Gasteiger partial charge >= 0.3 is 0 Å². The van der Waals surface area contributed by atoms with Crippen molar-refractivity contribution < 1.29 is 14.3 Å². The third-order valence-electron chi connectivity index (χ3n) is 5.27. The first-order chi connectivity index (χ1) is 13.3. The molecule has 0 radical (unpaired) electrons. The molecule has 2 atom stereocenters. The van der Waals surface area contributed by atoms with E-state index in [4.69, 9.17) is 9.47 Å². The van der Waals surface area contributed by atoms with Crippen LogP contribution in [-0.4, -0.2) is 49.3 Å². The molecule has 1 aliphatic heterocycles. The van der Waals surface area contributed by atoms with Crippen molar-refractivity contribution in [3.05, 3.63) is 24.3 Å². The van der Waals surface area contributed by atoms with E-state index in [-0.39, 0.29) is 5.91 Å². The predicted molar refractivity (Wildman–Crippen MR) is 115 cm³/mol. The van der Waals surface area contributed by atoms with Crippen LogP contribution in [0.5, 0.6) is 5.75 Å². The van der Waals surface area contributed by atoms with Crippen LogP contribution in [0.1, 0.15) is 53.9 Å². The second kappa shape index (κ2) is 10.8. The van der Waals surface area contributed by atoms with E-state index < -0.39 is 5.60 Å². The lowest BCUT2D eigenvalue weighted by atomic mass is 9.93. The van der Waals surface area contributed by atoms with Crippen molar-refractivity contribution in [3.63, 3.8) is 0 Å². The predicted octanol–water partition coefficient (Wildman–Crippen LogP) is 4.58. The van der Waals surface area contributed by atoms with E-state index in [0.29, 0.717) is 25.6 Å². The zero-order valence-electron chi connectivity index (χ0n) is 18.3. The van der Waals surface area contributed by atoms with Crippen molar-refractivity contribution in [1.29, 1.82) is 0 Å². The Morgan fingerprint density at radius 3 is 2.64 bits per heavy atom. The summed E-state index contributed by atoms with van der Waals surface area (Å²) >= 11 is 0. The van der Waals surface area contributed by atoms with E-state index >= 15 is 0 Å². The monoisotopic (exact) mass is 390 g/mol. The Bertz CT molecular complexity index is 602. The fourth-order valence-electron chi connectivity index (χ4n) is 3.99. The Kier molecular flexibility index (Phi) is 8.77. The molecule has 158 valence electrons. The number of anilines is 1.